The van der Waals surface area contributed by atoms with Crippen molar-refractivity contribution in [3.05, 3.63) is 69.9 Å². The summed E-state index contributed by atoms with van der Waals surface area (Å²) in [6, 6.07) is 13.9. The molecule has 1 N–H and O–H groups in total. The predicted molar refractivity (Wildman–Crippen MR) is 135 cm³/mol. The number of H-pyrrole nitrogens is 1. The molecule has 2 aliphatic carbocycles. The van der Waals surface area contributed by atoms with Crippen LogP contribution >= 0.6 is 23.2 Å². The number of benzene rings is 2. The molecular formula is C26H22Cl2N6O. The van der Waals surface area contributed by atoms with Gasteiger partial charge >= 0.3 is 0 Å². The van der Waals surface area contributed by atoms with E-state index >= 15 is 0 Å². The molecule has 7 rings (SSSR count). The van der Waals surface area contributed by atoms with Crippen molar-refractivity contribution in [2.45, 2.75) is 18.8 Å². The van der Waals surface area contributed by atoms with Crippen LogP contribution in [-0.2, 0) is 0 Å². The molecule has 2 atom stereocenters. The van der Waals surface area contributed by atoms with Crippen LogP contribution in [0.3, 0.4) is 0 Å². The first-order chi connectivity index (χ1) is 17.2. The maximum absolute atomic E-state index is 6.50. The Balaban J connectivity index is 1.08. The third kappa shape index (κ3) is 3.74. The molecule has 35 heavy (non-hydrogen) atoms. The molecule has 7 nitrogen and oxygen atoms in total. The van der Waals surface area contributed by atoms with Crippen LogP contribution in [0.5, 0.6) is 0 Å². The first kappa shape index (κ1) is 21.1. The lowest BCUT2D eigenvalue weighted by Gasteiger charge is -2.21. The second-order valence-electron chi connectivity index (χ2n) is 9.63. The van der Waals surface area contributed by atoms with Crippen molar-refractivity contribution in [2.24, 2.45) is 17.8 Å². The van der Waals surface area contributed by atoms with Crippen LogP contribution in [0.25, 0.3) is 28.7 Å². The molecule has 2 aromatic heterocycles. The van der Waals surface area contributed by atoms with E-state index in [1.807, 2.05) is 30.3 Å². The molecule has 4 aromatic rings. The minimum absolute atomic E-state index is 0.446. The number of allylic oxidation sites excluding steroid dienone is 1. The summed E-state index contributed by atoms with van der Waals surface area (Å²) in [5.74, 6) is 3.92. The highest BCUT2D eigenvalue weighted by molar-refractivity contribution is 6.39. The monoisotopic (exact) mass is 504 g/mol. The summed E-state index contributed by atoms with van der Waals surface area (Å²) in [6.07, 6.45) is 6.83. The highest BCUT2D eigenvalue weighted by atomic mass is 35.5. The fourth-order valence-electron chi connectivity index (χ4n) is 5.40. The van der Waals surface area contributed by atoms with Crippen molar-refractivity contribution >= 4 is 35.0 Å². The van der Waals surface area contributed by atoms with Gasteiger partial charge < -0.3 is 9.42 Å². The largest absolute Gasteiger partial charge is 0.371 e. The van der Waals surface area contributed by atoms with Crippen LogP contribution in [0.4, 0.5) is 5.69 Å². The first-order valence-electron chi connectivity index (χ1n) is 11.9. The minimum Gasteiger partial charge on any atom is -0.371 e. The standard InChI is InChI=1S/C26H22Cl2N6O/c27-21-2-1-3-22(28)23(21)24-18(25(35-31-24)14-4-5-14)11-10-17-19-12-34(13-20(17)19)16-8-6-15(7-9-16)26-29-32-33-30-26/h1-3,6-11,14,17,19-20H,4-5,12-13H2,(H,29,30,32,33). The van der Waals surface area contributed by atoms with E-state index in [2.05, 4.69) is 55.0 Å². The van der Waals surface area contributed by atoms with E-state index < -0.39 is 0 Å². The molecule has 0 spiro atoms. The number of aromatic nitrogens is 5. The average Bonchev–Trinajstić information content (AvgIpc) is 3.57. The van der Waals surface area contributed by atoms with E-state index in [1.165, 1.54) is 5.69 Å². The van der Waals surface area contributed by atoms with E-state index in [-0.39, 0.29) is 0 Å². The summed E-state index contributed by atoms with van der Waals surface area (Å²) < 4.78 is 5.80. The van der Waals surface area contributed by atoms with Crippen molar-refractivity contribution < 1.29 is 4.52 Å². The number of rotatable bonds is 6. The SMILES string of the molecule is Clc1cccc(Cl)c1-c1noc(C2CC2)c1C=CC1C2CN(c3ccc(-c4nn[nH]n4)cc3)CC12. The van der Waals surface area contributed by atoms with Gasteiger partial charge in [-0.05, 0) is 72.2 Å². The van der Waals surface area contributed by atoms with Gasteiger partial charge in [-0.15, -0.1) is 10.2 Å². The van der Waals surface area contributed by atoms with Gasteiger partial charge in [0.2, 0.25) is 5.82 Å². The van der Waals surface area contributed by atoms with E-state index in [1.54, 1.807) is 0 Å². The second kappa shape index (κ2) is 8.21. The van der Waals surface area contributed by atoms with Crippen molar-refractivity contribution in [2.75, 3.05) is 18.0 Å². The Morgan fingerprint density at radius 3 is 2.40 bits per heavy atom. The summed E-state index contributed by atoms with van der Waals surface area (Å²) >= 11 is 13.0. The fourth-order valence-corrected chi connectivity index (χ4v) is 5.97. The highest BCUT2D eigenvalue weighted by Crippen LogP contribution is 2.54. The normalized spacial score (nSPS) is 23.3. The molecule has 2 unspecified atom stereocenters. The molecule has 1 aliphatic heterocycles. The van der Waals surface area contributed by atoms with Gasteiger partial charge in [0.05, 0.1) is 10.0 Å². The lowest BCUT2D eigenvalue weighted by molar-refractivity contribution is 0.386. The van der Waals surface area contributed by atoms with Crippen molar-refractivity contribution in [3.63, 3.8) is 0 Å². The average molecular weight is 505 g/mol. The van der Waals surface area contributed by atoms with E-state index in [4.69, 9.17) is 27.7 Å². The molecule has 3 heterocycles. The smallest absolute Gasteiger partial charge is 0.204 e. The van der Waals surface area contributed by atoms with Crippen LogP contribution < -0.4 is 4.90 Å². The zero-order chi connectivity index (χ0) is 23.5. The number of hydrogen-bond acceptors (Lipinski definition) is 6. The molecule has 0 bridgehead atoms. The van der Waals surface area contributed by atoms with Gasteiger partial charge in [-0.1, -0.05) is 46.6 Å². The highest BCUT2D eigenvalue weighted by Gasteiger charge is 2.54. The number of anilines is 1. The number of halogens is 2. The van der Waals surface area contributed by atoms with Gasteiger partial charge in [-0.2, -0.15) is 5.21 Å². The summed E-state index contributed by atoms with van der Waals surface area (Å²) in [5.41, 5.74) is 4.71. The van der Waals surface area contributed by atoms with Crippen LogP contribution in [0.2, 0.25) is 10.0 Å². The lowest BCUT2D eigenvalue weighted by Crippen LogP contribution is -2.23. The number of fused-ring (bicyclic) bond motifs is 1. The Morgan fingerprint density at radius 2 is 1.74 bits per heavy atom. The molecule has 9 heteroatoms. The molecule has 176 valence electrons. The maximum Gasteiger partial charge on any atom is 0.204 e. The van der Waals surface area contributed by atoms with E-state index in [0.717, 1.165) is 54.1 Å². The minimum atomic E-state index is 0.446. The summed E-state index contributed by atoms with van der Waals surface area (Å²) in [4.78, 5) is 2.46. The summed E-state index contributed by atoms with van der Waals surface area (Å²) in [6.45, 7) is 2.12. The van der Waals surface area contributed by atoms with Gasteiger partial charge in [0.1, 0.15) is 11.5 Å². The quantitative estimate of drug-likeness (QED) is 0.341. The van der Waals surface area contributed by atoms with Crippen molar-refractivity contribution in [1.82, 2.24) is 25.8 Å². The Morgan fingerprint density at radius 1 is 1.00 bits per heavy atom. The van der Waals surface area contributed by atoms with Crippen molar-refractivity contribution in [1.29, 1.82) is 0 Å². The summed E-state index contributed by atoms with van der Waals surface area (Å²) in [5, 5.41) is 19.8. The third-order valence-corrected chi connectivity index (χ3v) is 8.11. The van der Waals surface area contributed by atoms with E-state index in [9.17, 15) is 0 Å². The maximum atomic E-state index is 6.50. The van der Waals surface area contributed by atoms with Gasteiger partial charge in [0.15, 0.2) is 0 Å². The molecule has 3 aliphatic rings. The number of piperidine rings is 1. The van der Waals surface area contributed by atoms with Crippen LogP contribution in [0.15, 0.2) is 53.1 Å². The number of aromatic amines is 1. The Hall–Kier alpha value is -3.16. The molecule has 2 saturated carbocycles. The van der Waals surface area contributed by atoms with Crippen LogP contribution in [0, 0.1) is 17.8 Å². The van der Waals surface area contributed by atoms with Crippen LogP contribution in [-0.4, -0.2) is 38.9 Å². The molecule has 3 fully saturated rings. The first-order valence-corrected chi connectivity index (χ1v) is 12.6. The van der Waals surface area contributed by atoms with Gasteiger partial charge in [0.25, 0.3) is 0 Å². The Kier molecular flexibility index (Phi) is 4.96. The third-order valence-electron chi connectivity index (χ3n) is 7.48. The number of hydrogen-bond donors (Lipinski definition) is 1. The molecule has 1 saturated heterocycles. The number of nitrogens with one attached hydrogen (secondary N) is 1. The summed E-state index contributed by atoms with van der Waals surface area (Å²) in [7, 11) is 0. The second-order valence-corrected chi connectivity index (χ2v) is 10.4. The van der Waals surface area contributed by atoms with E-state index in [0.29, 0.717) is 39.5 Å². The van der Waals surface area contributed by atoms with Crippen LogP contribution in [0.1, 0.15) is 30.1 Å². The zero-order valence-electron chi connectivity index (χ0n) is 18.7. The fraction of sp³-hybridized carbons (Fsp3) is 0.308. The molecule has 0 amide bonds. The number of nitrogens with zero attached hydrogens (tertiary/aromatic N) is 5. The van der Waals surface area contributed by atoms with Gasteiger partial charge in [-0.3, -0.25) is 0 Å². The lowest BCUT2D eigenvalue weighted by atomic mass is 10.0. The molecular weight excluding hydrogens is 483 g/mol. The van der Waals surface area contributed by atoms with Gasteiger partial charge in [-0.25, -0.2) is 0 Å². The van der Waals surface area contributed by atoms with Gasteiger partial charge in [0, 0.05) is 41.4 Å². The molecule has 2 aromatic carbocycles. The zero-order valence-corrected chi connectivity index (χ0v) is 20.2. The van der Waals surface area contributed by atoms with Crippen molar-refractivity contribution in [3.8, 4) is 22.6 Å². The molecule has 0 radical (unpaired) electrons. The Bertz CT molecular complexity index is 1380. The predicted octanol–water partition coefficient (Wildman–Crippen LogP) is 6.10. The Labute approximate surface area is 212 Å². The number of tetrazole rings is 1. The topological polar surface area (TPSA) is 83.7 Å².